The van der Waals surface area contributed by atoms with E-state index in [-0.39, 0.29) is 17.8 Å². The number of hydrogen-bond acceptors (Lipinski definition) is 4. The van der Waals surface area contributed by atoms with E-state index in [0.29, 0.717) is 0 Å². The van der Waals surface area contributed by atoms with E-state index < -0.39 is 17.7 Å². The van der Waals surface area contributed by atoms with Crippen molar-refractivity contribution in [1.29, 1.82) is 0 Å². The summed E-state index contributed by atoms with van der Waals surface area (Å²) in [5.41, 5.74) is 0.128. The Hall–Kier alpha value is -2.77. The second kappa shape index (κ2) is 5.25. The van der Waals surface area contributed by atoms with E-state index in [1.54, 1.807) is 0 Å². The van der Waals surface area contributed by atoms with Gasteiger partial charge >= 0.3 is 5.97 Å². The highest BCUT2D eigenvalue weighted by atomic mass is 19.1. The Morgan fingerprint density at radius 3 is 2.89 bits per heavy atom. The number of carbonyl (C=O) groups is 2. The first-order chi connectivity index (χ1) is 9.06. The molecule has 2 rings (SSSR count). The van der Waals surface area contributed by atoms with Crippen LogP contribution in [0.15, 0.2) is 30.9 Å². The molecule has 0 saturated heterocycles. The van der Waals surface area contributed by atoms with Gasteiger partial charge in [0.05, 0.1) is 23.6 Å². The Morgan fingerprint density at radius 2 is 2.21 bits per heavy atom. The molecule has 2 N–H and O–H groups in total. The highest BCUT2D eigenvalue weighted by Gasteiger charge is 2.12. The van der Waals surface area contributed by atoms with E-state index in [4.69, 9.17) is 5.11 Å². The molecule has 0 spiro atoms. The van der Waals surface area contributed by atoms with Gasteiger partial charge in [-0.2, -0.15) is 5.10 Å². The smallest absolute Gasteiger partial charge is 0.325 e. The average molecular weight is 264 g/mol. The maximum absolute atomic E-state index is 13.3. The van der Waals surface area contributed by atoms with Crippen molar-refractivity contribution in [2.75, 3.05) is 5.32 Å². The fraction of sp³-hybridized carbons (Fsp3) is 0.0909. The normalized spacial score (nSPS) is 10.2. The predicted molar refractivity (Wildman–Crippen MR) is 62.0 cm³/mol. The van der Waals surface area contributed by atoms with Crippen molar-refractivity contribution in [3.63, 3.8) is 0 Å². The lowest BCUT2D eigenvalue weighted by molar-refractivity contribution is -0.137. The topological polar surface area (TPSA) is 97.1 Å². The van der Waals surface area contributed by atoms with Crippen LogP contribution in [0, 0.1) is 5.82 Å². The van der Waals surface area contributed by atoms with E-state index in [1.165, 1.54) is 24.7 Å². The Kier molecular flexibility index (Phi) is 3.51. The summed E-state index contributed by atoms with van der Waals surface area (Å²) in [6.07, 6.45) is 4.85. The molecule has 2 heterocycles. The lowest BCUT2D eigenvalue weighted by Crippen LogP contribution is -2.13. The molecule has 0 unspecified atom stereocenters. The molecule has 0 aliphatic rings. The van der Waals surface area contributed by atoms with Gasteiger partial charge in [0.25, 0.3) is 5.91 Å². The van der Waals surface area contributed by atoms with Crippen LogP contribution in [0.25, 0.3) is 0 Å². The van der Waals surface area contributed by atoms with Crippen LogP contribution in [0.3, 0.4) is 0 Å². The fourth-order valence-corrected chi connectivity index (χ4v) is 1.41. The van der Waals surface area contributed by atoms with Gasteiger partial charge in [0.1, 0.15) is 6.54 Å². The number of carboxylic acid groups (broad SMARTS) is 1. The average Bonchev–Trinajstić information content (AvgIpc) is 2.76. The van der Waals surface area contributed by atoms with Crippen LogP contribution in [-0.2, 0) is 11.3 Å². The molecule has 0 bridgehead atoms. The zero-order chi connectivity index (χ0) is 13.8. The second-order valence-corrected chi connectivity index (χ2v) is 3.63. The van der Waals surface area contributed by atoms with E-state index in [1.807, 2.05) is 0 Å². The molecular weight excluding hydrogens is 255 g/mol. The van der Waals surface area contributed by atoms with Crippen molar-refractivity contribution in [3.05, 3.63) is 42.2 Å². The molecule has 1 amide bonds. The Morgan fingerprint density at radius 1 is 1.42 bits per heavy atom. The van der Waals surface area contributed by atoms with Gasteiger partial charge in [-0.3, -0.25) is 19.3 Å². The molecule has 0 aliphatic heterocycles. The number of nitrogens with zero attached hydrogens (tertiary/aromatic N) is 3. The molecule has 0 fully saturated rings. The summed E-state index contributed by atoms with van der Waals surface area (Å²) < 4.78 is 14.4. The third-order valence-electron chi connectivity index (χ3n) is 2.21. The van der Waals surface area contributed by atoms with E-state index >= 15 is 0 Å². The van der Waals surface area contributed by atoms with Gasteiger partial charge < -0.3 is 10.4 Å². The Labute approximate surface area is 106 Å². The van der Waals surface area contributed by atoms with E-state index in [0.717, 1.165) is 10.9 Å². The summed E-state index contributed by atoms with van der Waals surface area (Å²) in [6.45, 7) is -0.320. The summed E-state index contributed by atoms with van der Waals surface area (Å²) in [5.74, 6) is -2.45. The number of carbonyl (C=O) groups excluding carboxylic acids is 1. The number of aliphatic carboxylic acids is 1. The second-order valence-electron chi connectivity index (χ2n) is 3.63. The molecule has 0 aliphatic carbocycles. The third-order valence-corrected chi connectivity index (χ3v) is 2.21. The SMILES string of the molecule is O=C(O)Cn1cc(NC(=O)c2ccncc2F)cn1. The number of rotatable bonds is 4. The number of carboxylic acids is 1. The van der Waals surface area contributed by atoms with E-state index in [2.05, 4.69) is 15.4 Å². The number of pyridine rings is 1. The number of anilines is 1. The van der Waals surface area contributed by atoms with Crippen LogP contribution in [0.5, 0.6) is 0 Å². The molecule has 0 aromatic carbocycles. The number of nitrogens with one attached hydrogen (secondary N) is 1. The van der Waals surface area contributed by atoms with Gasteiger partial charge in [0.15, 0.2) is 5.82 Å². The van der Waals surface area contributed by atoms with Crippen molar-refractivity contribution >= 4 is 17.6 Å². The highest BCUT2D eigenvalue weighted by Crippen LogP contribution is 2.10. The van der Waals surface area contributed by atoms with Crippen LogP contribution < -0.4 is 5.32 Å². The first-order valence-corrected chi connectivity index (χ1v) is 5.21. The number of amides is 1. The van der Waals surface area contributed by atoms with Gasteiger partial charge in [-0.1, -0.05) is 0 Å². The molecule has 2 aromatic rings. The van der Waals surface area contributed by atoms with Gasteiger partial charge in [-0.05, 0) is 6.07 Å². The summed E-state index contributed by atoms with van der Waals surface area (Å²) in [6, 6.07) is 1.24. The van der Waals surface area contributed by atoms with Crippen molar-refractivity contribution in [1.82, 2.24) is 14.8 Å². The first-order valence-electron chi connectivity index (χ1n) is 5.21. The number of hydrogen-bond donors (Lipinski definition) is 2. The van der Waals surface area contributed by atoms with Crippen LogP contribution in [0.1, 0.15) is 10.4 Å². The van der Waals surface area contributed by atoms with E-state index in [9.17, 15) is 14.0 Å². The zero-order valence-electron chi connectivity index (χ0n) is 9.58. The summed E-state index contributed by atoms with van der Waals surface area (Å²) in [5, 5.41) is 14.7. The monoisotopic (exact) mass is 264 g/mol. The Bertz CT molecular complexity index is 626. The summed E-state index contributed by atoms with van der Waals surface area (Å²) in [4.78, 5) is 25.7. The van der Waals surface area contributed by atoms with Crippen LogP contribution >= 0.6 is 0 Å². The number of halogens is 1. The zero-order valence-corrected chi connectivity index (χ0v) is 9.58. The summed E-state index contributed by atoms with van der Waals surface area (Å²) in [7, 11) is 0. The molecule has 7 nitrogen and oxygen atoms in total. The van der Waals surface area contributed by atoms with Crippen molar-refractivity contribution in [2.45, 2.75) is 6.54 Å². The van der Waals surface area contributed by atoms with Crippen molar-refractivity contribution < 1.29 is 19.1 Å². The molecule has 0 radical (unpaired) electrons. The third kappa shape index (κ3) is 3.12. The standard InChI is InChI=1S/C11H9FN4O3/c12-9-4-13-2-1-8(9)11(19)15-7-3-14-16(5-7)6-10(17)18/h1-5H,6H2,(H,15,19)(H,17,18). The molecule has 0 atom stereocenters. The molecular formula is C11H9FN4O3. The molecule has 98 valence electrons. The van der Waals surface area contributed by atoms with Crippen molar-refractivity contribution in [2.24, 2.45) is 0 Å². The molecule has 8 heteroatoms. The lowest BCUT2D eigenvalue weighted by Gasteiger charge is -2.02. The first kappa shape index (κ1) is 12.7. The fourth-order valence-electron chi connectivity index (χ4n) is 1.41. The Balaban J connectivity index is 2.09. The van der Waals surface area contributed by atoms with Gasteiger partial charge in [0.2, 0.25) is 0 Å². The molecule has 2 aromatic heterocycles. The van der Waals surface area contributed by atoms with Gasteiger partial charge in [-0.15, -0.1) is 0 Å². The van der Waals surface area contributed by atoms with Gasteiger partial charge in [-0.25, -0.2) is 4.39 Å². The maximum Gasteiger partial charge on any atom is 0.325 e. The minimum Gasteiger partial charge on any atom is -0.480 e. The lowest BCUT2D eigenvalue weighted by atomic mass is 10.2. The summed E-state index contributed by atoms with van der Waals surface area (Å²) >= 11 is 0. The largest absolute Gasteiger partial charge is 0.480 e. The predicted octanol–water partition coefficient (Wildman–Crippen LogP) is 0.754. The molecule has 0 saturated carbocycles. The van der Waals surface area contributed by atoms with Crippen LogP contribution in [0.4, 0.5) is 10.1 Å². The minimum atomic E-state index is -1.05. The highest BCUT2D eigenvalue weighted by molar-refractivity contribution is 6.04. The molecule has 19 heavy (non-hydrogen) atoms. The van der Waals surface area contributed by atoms with Crippen LogP contribution in [-0.4, -0.2) is 31.7 Å². The van der Waals surface area contributed by atoms with Crippen LogP contribution in [0.2, 0.25) is 0 Å². The minimum absolute atomic E-state index is 0.152. The number of aromatic nitrogens is 3. The van der Waals surface area contributed by atoms with Crippen molar-refractivity contribution in [3.8, 4) is 0 Å². The maximum atomic E-state index is 13.3. The van der Waals surface area contributed by atoms with Gasteiger partial charge in [0, 0.05) is 12.4 Å². The quantitative estimate of drug-likeness (QED) is 0.849.